The number of halogens is 4. The topological polar surface area (TPSA) is 98.8 Å². The zero-order valence-corrected chi connectivity index (χ0v) is 20.0. The molecule has 2 aliphatic rings. The monoisotopic (exact) mass is 530 g/mol. The van der Waals surface area contributed by atoms with Crippen LogP contribution >= 0.6 is 11.6 Å². The largest absolute Gasteiger partial charge is 0.351 e. The van der Waals surface area contributed by atoms with E-state index >= 15 is 0 Å². The summed E-state index contributed by atoms with van der Waals surface area (Å²) in [5.74, 6) is -5.21. The van der Waals surface area contributed by atoms with Crippen molar-refractivity contribution in [2.45, 2.75) is 36.9 Å². The van der Waals surface area contributed by atoms with Crippen LogP contribution in [0, 0.1) is 5.82 Å². The van der Waals surface area contributed by atoms with E-state index < -0.39 is 64.7 Å². The number of hydrogen-bond acceptors (Lipinski definition) is 4. The summed E-state index contributed by atoms with van der Waals surface area (Å²) in [4.78, 5) is 26.5. The Hall–Kier alpha value is -2.67. The lowest BCUT2D eigenvalue weighted by Crippen LogP contribution is -2.55. The third-order valence-electron chi connectivity index (χ3n) is 5.93. The predicted molar refractivity (Wildman–Crippen MR) is 123 cm³/mol. The Kier molecular flexibility index (Phi) is 6.84. The normalized spacial score (nSPS) is 22.8. The number of nitrogens with zero attached hydrogens (tertiary/aromatic N) is 2. The molecule has 2 amide bonds. The lowest BCUT2D eigenvalue weighted by atomic mass is 9.88. The lowest BCUT2D eigenvalue weighted by Gasteiger charge is -2.37. The minimum atomic E-state index is -4.35. The number of likely N-dealkylation sites (N-methyl/N-ethyl adjacent to an activating group) is 1. The van der Waals surface area contributed by atoms with Crippen molar-refractivity contribution in [3.8, 4) is 0 Å². The summed E-state index contributed by atoms with van der Waals surface area (Å²) in [5.41, 5.74) is 0.178. The van der Waals surface area contributed by atoms with Gasteiger partial charge in [0.2, 0.25) is 11.8 Å². The summed E-state index contributed by atoms with van der Waals surface area (Å²) in [6.07, 6.45) is -1.16. The molecule has 1 saturated carbocycles. The molecule has 2 aromatic carbocycles. The molecule has 0 spiro atoms. The molecule has 1 heterocycles. The van der Waals surface area contributed by atoms with Crippen molar-refractivity contribution >= 4 is 39.3 Å². The quantitative estimate of drug-likeness (QED) is 0.600. The van der Waals surface area contributed by atoms with Gasteiger partial charge in [0.1, 0.15) is 17.9 Å². The fraction of sp³-hybridized carbons (Fsp3) is 0.364. The van der Waals surface area contributed by atoms with E-state index in [1.54, 1.807) is 6.07 Å². The van der Waals surface area contributed by atoms with Crippen molar-refractivity contribution < 1.29 is 31.2 Å². The van der Waals surface area contributed by atoms with Crippen LogP contribution in [-0.4, -0.2) is 60.4 Å². The third-order valence-corrected chi connectivity index (χ3v) is 8.21. The van der Waals surface area contributed by atoms with Gasteiger partial charge in [0.25, 0.3) is 16.1 Å². The minimum absolute atomic E-state index is 0.0561. The van der Waals surface area contributed by atoms with Crippen molar-refractivity contribution in [2.24, 2.45) is 0 Å². The summed E-state index contributed by atoms with van der Waals surface area (Å²) in [5, 5.41) is 4.99. The van der Waals surface area contributed by atoms with E-state index in [-0.39, 0.29) is 22.8 Å². The zero-order valence-electron chi connectivity index (χ0n) is 18.4. The maximum Gasteiger partial charge on any atom is 0.283 e. The number of alkyl halides is 2. The van der Waals surface area contributed by atoms with Crippen LogP contribution in [0.3, 0.4) is 0 Å². The number of benzene rings is 2. The second-order valence-electron chi connectivity index (χ2n) is 8.53. The summed E-state index contributed by atoms with van der Waals surface area (Å²) in [6, 6.07) is 7.15. The second kappa shape index (κ2) is 9.41. The summed E-state index contributed by atoms with van der Waals surface area (Å²) >= 11 is 6.30. The van der Waals surface area contributed by atoms with Gasteiger partial charge < -0.3 is 10.6 Å². The van der Waals surface area contributed by atoms with Gasteiger partial charge in [-0.3, -0.25) is 9.59 Å². The molecular weight excluding hydrogens is 509 g/mol. The number of nitrogens with one attached hydrogen (secondary N) is 2. The number of hydrogen-bond donors (Lipinski definition) is 2. The second-order valence-corrected chi connectivity index (χ2v) is 10.9. The SMILES string of the molecule is CN1CC(C(=O)Nc2cccc(F)c2)N(C(C(=O)NC2CC(F)(F)C2)c2ccccc2Cl)S1(=O)=O. The Morgan fingerprint density at radius 3 is 2.46 bits per heavy atom. The van der Waals surface area contributed by atoms with Crippen LogP contribution in [0.4, 0.5) is 18.9 Å². The van der Waals surface area contributed by atoms with Crippen LogP contribution in [0.2, 0.25) is 5.02 Å². The maximum absolute atomic E-state index is 13.6. The predicted octanol–water partition coefficient (Wildman–Crippen LogP) is 2.93. The molecule has 35 heavy (non-hydrogen) atoms. The van der Waals surface area contributed by atoms with E-state index in [9.17, 15) is 31.2 Å². The highest BCUT2D eigenvalue weighted by molar-refractivity contribution is 7.87. The van der Waals surface area contributed by atoms with Gasteiger partial charge in [-0.15, -0.1) is 0 Å². The fourth-order valence-corrected chi connectivity index (χ4v) is 6.03. The van der Waals surface area contributed by atoms with E-state index in [2.05, 4.69) is 10.6 Å². The van der Waals surface area contributed by atoms with Crippen LogP contribution in [-0.2, 0) is 19.8 Å². The van der Waals surface area contributed by atoms with Gasteiger partial charge in [0.15, 0.2) is 0 Å². The van der Waals surface area contributed by atoms with Crippen LogP contribution < -0.4 is 10.6 Å². The smallest absolute Gasteiger partial charge is 0.283 e. The van der Waals surface area contributed by atoms with Crippen molar-refractivity contribution in [3.63, 3.8) is 0 Å². The van der Waals surface area contributed by atoms with E-state index in [4.69, 9.17) is 11.6 Å². The molecule has 13 heteroatoms. The first-order chi connectivity index (χ1) is 16.4. The highest BCUT2D eigenvalue weighted by Crippen LogP contribution is 2.40. The van der Waals surface area contributed by atoms with Gasteiger partial charge >= 0.3 is 0 Å². The van der Waals surface area contributed by atoms with Crippen LogP contribution in [0.1, 0.15) is 24.4 Å². The first-order valence-corrected chi connectivity index (χ1v) is 12.4. The number of carbonyl (C=O) groups excluding carboxylic acids is 2. The molecule has 8 nitrogen and oxygen atoms in total. The van der Waals surface area contributed by atoms with Gasteiger partial charge in [-0.05, 0) is 29.8 Å². The fourth-order valence-electron chi connectivity index (χ4n) is 4.18. The molecule has 2 atom stereocenters. The van der Waals surface area contributed by atoms with Crippen molar-refractivity contribution in [2.75, 3.05) is 18.9 Å². The number of carbonyl (C=O) groups is 2. The maximum atomic E-state index is 13.6. The van der Waals surface area contributed by atoms with Crippen molar-refractivity contribution in [1.29, 1.82) is 0 Å². The first kappa shape index (κ1) is 25.4. The van der Waals surface area contributed by atoms with Crippen molar-refractivity contribution in [3.05, 3.63) is 64.9 Å². The van der Waals surface area contributed by atoms with Gasteiger partial charge in [-0.25, -0.2) is 13.2 Å². The summed E-state index contributed by atoms with van der Waals surface area (Å²) in [7, 11) is -3.11. The molecular formula is C22H22ClF3N4O4S. The number of rotatable bonds is 6. The van der Waals surface area contributed by atoms with Crippen LogP contribution in [0.25, 0.3) is 0 Å². The molecule has 2 aromatic rings. The molecule has 0 radical (unpaired) electrons. The highest BCUT2D eigenvalue weighted by Gasteiger charge is 2.53. The van der Waals surface area contributed by atoms with E-state index in [0.29, 0.717) is 0 Å². The molecule has 2 N–H and O–H groups in total. The molecule has 2 fully saturated rings. The summed E-state index contributed by atoms with van der Waals surface area (Å²) in [6.45, 7) is -0.306. The Balaban J connectivity index is 1.71. The first-order valence-electron chi connectivity index (χ1n) is 10.6. The Morgan fingerprint density at radius 1 is 1.14 bits per heavy atom. The molecule has 1 saturated heterocycles. The standard InChI is InChI=1S/C22H22ClF3N4O4S/c1-29-12-18(20(31)27-14-6-4-5-13(24)9-14)30(35(29,33)34)19(16-7-2-3-8-17(16)23)21(32)28-15-10-22(25,26)11-15/h2-9,15,18-19H,10-12H2,1H3,(H,27,31)(H,28,32). The molecule has 2 unspecified atom stereocenters. The van der Waals surface area contributed by atoms with Gasteiger partial charge in [0, 0.05) is 43.2 Å². The number of anilines is 1. The zero-order chi connectivity index (χ0) is 25.5. The minimum Gasteiger partial charge on any atom is -0.351 e. The van der Waals surface area contributed by atoms with E-state index in [1.165, 1.54) is 43.4 Å². The molecule has 4 rings (SSSR count). The Bertz CT molecular complexity index is 1250. The third kappa shape index (κ3) is 5.15. The molecule has 1 aliphatic heterocycles. The average Bonchev–Trinajstić information content (AvgIpc) is 2.98. The highest BCUT2D eigenvalue weighted by atomic mass is 35.5. The van der Waals surface area contributed by atoms with Crippen LogP contribution in [0.15, 0.2) is 48.5 Å². The lowest BCUT2D eigenvalue weighted by molar-refractivity contribution is -0.133. The van der Waals surface area contributed by atoms with Crippen molar-refractivity contribution in [1.82, 2.24) is 13.9 Å². The Morgan fingerprint density at radius 2 is 1.83 bits per heavy atom. The van der Waals surface area contributed by atoms with E-state index in [0.717, 1.165) is 14.7 Å². The van der Waals surface area contributed by atoms with Crippen LogP contribution in [0.5, 0.6) is 0 Å². The Labute approximate surface area is 205 Å². The molecule has 1 aliphatic carbocycles. The molecule has 0 bridgehead atoms. The van der Waals surface area contributed by atoms with Gasteiger partial charge in [-0.2, -0.15) is 17.0 Å². The number of amides is 2. The summed E-state index contributed by atoms with van der Waals surface area (Å²) < 4.78 is 68.5. The van der Waals surface area contributed by atoms with E-state index in [1.807, 2.05) is 0 Å². The molecule has 0 aromatic heterocycles. The average molecular weight is 531 g/mol. The van der Waals surface area contributed by atoms with Gasteiger partial charge in [0.05, 0.1) is 0 Å². The van der Waals surface area contributed by atoms with Gasteiger partial charge in [-0.1, -0.05) is 35.9 Å². The molecule has 188 valence electrons.